The van der Waals surface area contributed by atoms with Gasteiger partial charge in [-0.3, -0.25) is 9.69 Å². The zero-order chi connectivity index (χ0) is 17.6. The summed E-state index contributed by atoms with van der Waals surface area (Å²) in [6.45, 7) is 6.27. The average molecular weight is 340 g/mol. The highest BCUT2D eigenvalue weighted by Gasteiger charge is 2.22. The van der Waals surface area contributed by atoms with Crippen molar-refractivity contribution in [2.45, 2.75) is 39.3 Å². The van der Waals surface area contributed by atoms with Crippen LogP contribution in [0.4, 0.5) is 4.39 Å². The minimum absolute atomic E-state index is 0.00378. The minimum Gasteiger partial charge on any atom is -0.361 e. The van der Waals surface area contributed by atoms with E-state index < -0.39 is 0 Å². The molecule has 0 saturated carbocycles. The molecule has 1 aromatic carbocycles. The van der Waals surface area contributed by atoms with Crippen molar-refractivity contribution in [3.63, 3.8) is 0 Å². The lowest BCUT2D eigenvalue weighted by molar-refractivity contribution is 0.240. The molecule has 0 unspecified atom stereocenters. The molecule has 0 radical (unpaired) electrons. The Morgan fingerprint density at radius 1 is 1.36 bits per heavy atom. The van der Waals surface area contributed by atoms with Gasteiger partial charge >= 0.3 is 0 Å². The molecule has 3 heterocycles. The maximum absolute atomic E-state index is 13.3. The summed E-state index contributed by atoms with van der Waals surface area (Å²) in [5.41, 5.74) is 3.62. The van der Waals surface area contributed by atoms with Gasteiger partial charge in [-0.2, -0.15) is 0 Å². The van der Waals surface area contributed by atoms with Gasteiger partial charge in [0.05, 0.1) is 5.69 Å². The molecule has 0 aliphatic carbocycles. The lowest BCUT2D eigenvalue weighted by atomic mass is 10.0. The number of hydrogen-bond donors (Lipinski definition) is 2. The predicted octanol–water partition coefficient (Wildman–Crippen LogP) is 3.07. The second kappa shape index (κ2) is 6.11. The van der Waals surface area contributed by atoms with E-state index in [-0.39, 0.29) is 17.3 Å². The van der Waals surface area contributed by atoms with Crippen molar-refractivity contribution in [1.29, 1.82) is 0 Å². The lowest BCUT2D eigenvalue weighted by Gasteiger charge is -2.27. The summed E-state index contributed by atoms with van der Waals surface area (Å²) >= 11 is 0. The van der Waals surface area contributed by atoms with E-state index in [9.17, 15) is 9.18 Å². The number of fused-ring (bicyclic) bond motifs is 2. The average Bonchev–Trinajstić information content (AvgIpc) is 2.96. The Morgan fingerprint density at radius 2 is 2.20 bits per heavy atom. The van der Waals surface area contributed by atoms with Crippen LogP contribution in [-0.2, 0) is 19.5 Å². The third-order valence-electron chi connectivity index (χ3n) is 4.84. The van der Waals surface area contributed by atoms with Crippen molar-refractivity contribution >= 4 is 10.9 Å². The van der Waals surface area contributed by atoms with E-state index in [1.54, 1.807) is 0 Å². The van der Waals surface area contributed by atoms with Crippen molar-refractivity contribution < 1.29 is 4.39 Å². The minimum atomic E-state index is -0.238. The second-order valence-corrected chi connectivity index (χ2v) is 7.00. The molecule has 0 amide bonds. The van der Waals surface area contributed by atoms with E-state index in [1.165, 1.54) is 12.1 Å². The standard InChI is InChI=1S/C19H21FN4O/c1-11(2)18-22-17-10-24(6-5-15(17)19(25)23-18)9-12-8-21-16-7-13(20)3-4-14(12)16/h3-4,7-8,11,21H,5-6,9-10H2,1-2H3,(H,22,23,25). The van der Waals surface area contributed by atoms with E-state index >= 15 is 0 Å². The van der Waals surface area contributed by atoms with E-state index in [4.69, 9.17) is 0 Å². The molecule has 2 aromatic heterocycles. The van der Waals surface area contributed by atoms with Crippen LogP contribution in [0.3, 0.4) is 0 Å². The number of H-pyrrole nitrogens is 2. The lowest BCUT2D eigenvalue weighted by Crippen LogP contribution is -2.35. The van der Waals surface area contributed by atoms with Gasteiger partial charge in [-0.05, 0) is 30.2 Å². The van der Waals surface area contributed by atoms with Gasteiger partial charge in [0.15, 0.2) is 0 Å². The maximum atomic E-state index is 13.3. The number of nitrogens with one attached hydrogen (secondary N) is 2. The van der Waals surface area contributed by atoms with Gasteiger partial charge in [0.25, 0.3) is 5.56 Å². The number of aromatic nitrogens is 3. The van der Waals surface area contributed by atoms with Crippen molar-refractivity contribution in [2.24, 2.45) is 0 Å². The molecule has 0 saturated heterocycles. The highest BCUT2D eigenvalue weighted by Crippen LogP contribution is 2.23. The molecule has 5 nitrogen and oxygen atoms in total. The van der Waals surface area contributed by atoms with Crippen LogP contribution in [0.2, 0.25) is 0 Å². The first-order chi connectivity index (χ1) is 12.0. The van der Waals surface area contributed by atoms with Crippen molar-refractivity contribution in [3.8, 4) is 0 Å². The predicted molar refractivity (Wildman–Crippen MR) is 95.0 cm³/mol. The van der Waals surface area contributed by atoms with Crippen LogP contribution in [0.1, 0.15) is 42.4 Å². The summed E-state index contributed by atoms with van der Waals surface area (Å²) in [6, 6.07) is 4.82. The van der Waals surface area contributed by atoms with Crippen molar-refractivity contribution in [2.75, 3.05) is 6.54 Å². The van der Waals surface area contributed by atoms with Crippen LogP contribution in [0.25, 0.3) is 10.9 Å². The van der Waals surface area contributed by atoms with Crippen LogP contribution < -0.4 is 5.56 Å². The van der Waals surface area contributed by atoms with Crippen LogP contribution in [0.15, 0.2) is 29.2 Å². The van der Waals surface area contributed by atoms with E-state index in [0.29, 0.717) is 13.0 Å². The number of nitrogens with zero attached hydrogens (tertiary/aromatic N) is 2. The van der Waals surface area contributed by atoms with Crippen LogP contribution in [0.5, 0.6) is 0 Å². The molecular weight excluding hydrogens is 319 g/mol. The molecule has 6 heteroatoms. The number of hydrogen-bond acceptors (Lipinski definition) is 3. The zero-order valence-corrected chi connectivity index (χ0v) is 14.4. The summed E-state index contributed by atoms with van der Waals surface area (Å²) < 4.78 is 13.3. The summed E-state index contributed by atoms with van der Waals surface area (Å²) in [4.78, 5) is 25.3. The Labute approximate surface area is 144 Å². The first kappa shape index (κ1) is 16.0. The normalized spacial score (nSPS) is 15.0. The van der Waals surface area contributed by atoms with E-state index in [0.717, 1.165) is 46.6 Å². The molecule has 130 valence electrons. The largest absolute Gasteiger partial charge is 0.361 e. The Balaban J connectivity index is 1.60. The molecule has 0 atom stereocenters. The van der Waals surface area contributed by atoms with Gasteiger partial charge in [-0.15, -0.1) is 0 Å². The summed E-state index contributed by atoms with van der Waals surface area (Å²) in [7, 11) is 0. The fraction of sp³-hybridized carbons (Fsp3) is 0.368. The molecule has 0 spiro atoms. The molecule has 4 rings (SSSR count). The smallest absolute Gasteiger partial charge is 0.254 e. The van der Waals surface area contributed by atoms with Gasteiger partial charge in [-0.1, -0.05) is 13.8 Å². The molecule has 1 aliphatic rings. The maximum Gasteiger partial charge on any atom is 0.254 e. The summed E-state index contributed by atoms with van der Waals surface area (Å²) in [5.74, 6) is 0.697. The van der Waals surface area contributed by atoms with E-state index in [1.807, 2.05) is 26.1 Å². The van der Waals surface area contributed by atoms with Crippen molar-refractivity contribution in [1.82, 2.24) is 19.9 Å². The summed E-state index contributed by atoms with van der Waals surface area (Å²) in [5, 5.41) is 1.04. The van der Waals surface area contributed by atoms with Gasteiger partial charge in [0, 0.05) is 48.2 Å². The molecule has 25 heavy (non-hydrogen) atoms. The molecular formula is C19H21FN4O. The number of halogens is 1. The molecule has 2 N–H and O–H groups in total. The van der Waals surface area contributed by atoms with Gasteiger partial charge in [-0.25, -0.2) is 9.37 Å². The highest BCUT2D eigenvalue weighted by atomic mass is 19.1. The highest BCUT2D eigenvalue weighted by molar-refractivity contribution is 5.83. The zero-order valence-electron chi connectivity index (χ0n) is 14.4. The molecule has 0 bridgehead atoms. The Hall–Kier alpha value is -2.47. The van der Waals surface area contributed by atoms with Crippen LogP contribution in [0, 0.1) is 5.82 Å². The van der Waals surface area contributed by atoms with Crippen molar-refractivity contribution in [3.05, 3.63) is 63.2 Å². The second-order valence-electron chi connectivity index (χ2n) is 7.00. The quantitative estimate of drug-likeness (QED) is 0.770. The van der Waals surface area contributed by atoms with Gasteiger partial charge < -0.3 is 9.97 Å². The van der Waals surface area contributed by atoms with Crippen LogP contribution in [-0.4, -0.2) is 26.4 Å². The monoisotopic (exact) mass is 340 g/mol. The first-order valence-corrected chi connectivity index (χ1v) is 8.61. The fourth-order valence-electron chi connectivity index (χ4n) is 3.45. The molecule has 0 fully saturated rings. The third kappa shape index (κ3) is 2.98. The Bertz CT molecular complexity index is 989. The molecule has 1 aliphatic heterocycles. The topological polar surface area (TPSA) is 64.8 Å². The fourth-order valence-corrected chi connectivity index (χ4v) is 3.45. The first-order valence-electron chi connectivity index (χ1n) is 8.61. The Kier molecular flexibility index (Phi) is 3.92. The summed E-state index contributed by atoms with van der Waals surface area (Å²) in [6.07, 6.45) is 2.64. The molecule has 3 aromatic rings. The Morgan fingerprint density at radius 3 is 3.00 bits per heavy atom. The number of rotatable bonds is 3. The van der Waals surface area contributed by atoms with E-state index in [2.05, 4.69) is 19.9 Å². The number of aromatic amines is 2. The van der Waals surface area contributed by atoms with Gasteiger partial charge in [0.1, 0.15) is 11.6 Å². The number of benzene rings is 1. The van der Waals surface area contributed by atoms with Crippen LogP contribution >= 0.6 is 0 Å². The SMILES string of the molecule is CC(C)c1nc2c(c(=O)[nH]1)CCN(Cc1c[nH]c3cc(F)ccc13)C2. The third-order valence-corrected chi connectivity index (χ3v) is 4.84. The van der Waals surface area contributed by atoms with Gasteiger partial charge in [0.2, 0.25) is 0 Å².